The Balaban J connectivity index is 0. The van der Waals surface area contributed by atoms with Crippen LogP contribution < -0.4 is 20.9 Å². The first-order chi connectivity index (χ1) is 6.69. The van der Waals surface area contributed by atoms with Gasteiger partial charge in [0.15, 0.2) is 0 Å². The van der Waals surface area contributed by atoms with E-state index in [-0.39, 0.29) is 24.8 Å². The summed E-state index contributed by atoms with van der Waals surface area (Å²) in [6.07, 6.45) is 0. The fourth-order valence-electron chi connectivity index (χ4n) is 1.15. The Labute approximate surface area is 108 Å². The Morgan fingerprint density at radius 2 is 1.19 bits per heavy atom. The lowest BCUT2D eigenvalue weighted by Crippen LogP contribution is -2.02. The van der Waals surface area contributed by atoms with Crippen molar-refractivity contribution >= 4 is 36.2 Å². The molecule has 0 radical (unpaired) electrons. The zero-order valence-electron chi connectivity index (χ0n) is 9.36. The fourth-order valence-corrected chi connectivity index (χ4v) is 1.15. The van der Waals surface area contributed by atoms with Crippen LogP contribution in [0.1, 0.15) is 13.8 Å². The maximum atomic E-state index is 5.75. The molecule has 0 aromatic heterocycles. The molecule has 0 fully saturated rings. The first-order valence-corrected chi connectivity index (χ1v) is 4.63. The highest BCUT2D eigenvalue weighted by Gasteiger charge is 2.06. The van der Waals surface area contributed by atoms with E-state index in [0.29, 0.717) is 36.1 Å². The number of nitrogen functional groups attached to an aromatic ring is 2. The predicted octanol–water partition coefficient (Wildman–Crippen LogP) is 2.49. The molecule has 0 amide bonds. The molecule has 0 aliphatic heterocycles. The summed E-state index contributed by atoms with van der Waals surface area (Å²) in [6, 6.07) is 3.37. The van der Waals surface area contributed by atoms with Crippen LogP contribution in [0.15, 0.2) is 12.1 Å². The standard InChI is InChI=1S/C10H16N2O2.2ClH/c1-3-13-9-5-8(12)10(14-4-2)6-7(9)11;;/h5-6H,3-4,11-12H2,1-2H3;2*1H. The highest BCUT2D eigenvalue weighted by Crippen LogP contribution is 2.32. The second-order valence-electron chi connectivity index (χ2n) is 2.79. The van der Waals surface area contributed by atoms with Gasteiger partial charge in [0.25, 0.3) is 0 Å². The van der Waals surface area contributed by atoms with Gasteiger partial charge in [-0.1, -0.05) is 0 Å². The van der Waals surface area contributed by atoms with E-state index in [0.717, 1.165) is 0 Å². The van der Waals surface area contributed by atoms with Crippen molar-refractivity contribution in [2.24, 2.45) is 0 Å². The van der Waals surface area contributed by atoms with Crippen molar-refractivity contribution in [3.05, 3.63) is 12.1 Å². The Morgan fingerprint density at radius 1 is 0.875 bits per heavy atom. The molecule has 4 N–H and O–H groups in total. The quantitative estimate of drug-likeness (QED) is 0.824. The van der Waals surface area contributed by atoms with Gasteiger partial charge in [-0.25, -0.2) is 0 Å². The molecule has 0 saturated carbocycles. The summed E-state index contributed by atoms with van der Waals surface area (Å²) in [4.78, 5) is 0. The van der Waals surface area contributed by atoms with Crippen molar-refractivity contribution in [1.29, 1.82) is 0 Å². The fraction of sp³-hybridized carbons (Fsp3) is 0.400. The summed E-state index contributed by atoms with van der Waals surface area (Å²) < 4.78 is 10.6. The number of rotatable bonds is 4. The second kappa shape index (κ2) is 8.19. The summed E-state index contributed by atoms with van der Waals surface area (Å²) in [5.74, 6) is 1.21. The Morgan fingerprint density at radius 3 is 1.44 bits per heavy atom. The normalized spacial score (nSPS) is 8.62. The first-order valence-electron chi connectivity index (χ1n) is 4.63. The molecule has 6 heteroatoms. The smallest absolute Gasteiger partial charge is 0.144 e. The Bertz CT molecular complexity index is 290. The molecule has 0 aliphatic carbocycles. The van der Waals surface area contributed by atoms with Crippen molar-refractivity contribution in [3.63, 3.8) is 0 Å². The molecule has 0 heterocycles. The molecular weight excluding hydrogens is 251 g/mol. The Kier molecular flexibility index (Phi) is 8.90. The topological polar surface area (TPSA) is 70.5 Å². The largest absolute Gasteiger partial charge is 0.492 e. The number of hydrogen-bond acceptors (Lipinski definition) is 4. The highest BCUT2D eigenvalue weighted by atomic mass is 35.5. The molecule has 1 rings (SSSR count). The molecular formula is C10H18Cl2N2O2. The maximum Gasteiger partial charge on any atom is 0.144 e. The summed E-state index contributed by atoms with van der Waals surface area (Å²) >= 11 is 0. The van der Waals surface area contributed by atoms with E-state index in [9.17, 15) is 0 Å². The van der Waals surface area contributed by atoms with Gasteiger partial charge in [-0.05, 0) is 13.8 Å². The molecule has 0 spiro atoms. The summed E-state index contributed by atoms with van der Waals surface area (Å²) in [5, 5.41) is 0. The van der Waals surface area contributed by atoms with Crippen molar-refractivity contribution < 1.29 is 9.47 Å². The molecule has 0 aliphatic rings. The highest BCUT2D eigenvalue weighted by molar-refractivity contribution is 5.85. The minimum absolute atomic E-state index is 0. The number of ether oxygens (including phenoxy) is 2. The molecule has 16 heavy (non-hydrogen) atoms. The van der Waals surface area contributed by atoms with Crippen molar-refractivity contribution in [1.82, 2.24) is 0 Å². The van der Waals surface area contributed by atoms with Crippen LogP contribution in [0.5, 0.6) is 11.5 Å². The second-order valence-corrected chi connectivity index (χ2v) is 2.79. The number of anilines is 2. The molecule has 0 saturated heterocycles. The third-order valence-electron chi connectivity index (χ3n) is 1.74. The van der Waals surface area contributed by atoms with Crippen molar-refractivity contribution in [2.75, 3.05) is 24.7 Å². The van der Waals surface area contributed by atoms with Gasteiger partial charge in [0, 0.05) is 12.1 Å². The lowest BCUT2D eigenvalue weighted by Gasteiger charge is -2.11. The van der Waals surface area contributed by atoms with E-state index in [1.54, 1.807) is 12.1 Å². The predicted molar refractivity (Wildman–Crippen MR) is 72.1 cm³/mol. The molecule has 94 valence electrons. The van der Waals surface area contributed by atoms with Crippen LogP contribution in [-0.2, 0) is 0 Å². The Hall–Kier alpha value is -1.000. The molecule has 1 aromatic carbocycles. The van der Waals surface area contributed by atoms with Gasteiger partial charge in [0.05, 0.1) is 24.6 Å². The summed E-state index contributed by atoms with van der Waals surface area (Å²) in [7, 11) is 0. The zero-order chi connectivity index (χ0) is 10.6. The van der Waals surface area contributed by atoms with Crippen LogP contribution in [0.4, 0.5) is 11.4 Å². The SMILES string of the molecule is CCOc1cc(N)c(OCC)cc1N.Cl.Cl. The monoisotopic (exact) mass is 268 g/mol. The van der Waals surface area contributed by atoms with Gasteiger partial charge in [-0.15, -0.1) is 24.8 Å². The zero-order valence-corrected chi connectivity index (χ0v) is 11.0. The van der Waals surface area contributed by atoms with Crippen LogP contribution in [0.3, 0.4) is 0 Å². The van der Waals surface area contributed by atoms with E-state index in [1.807, 2.05) is 13.8 Å². The minimum Gasteiger partial charge on any atom is -0.492 e. The molecule has 0 unspecified atom stereocenters. The van der Waals surface area contributed by atoms with Gasteiger partial charge in [-0.3, -0.25) is 0 Å². The molecule has 1 aromatic rings. The first kappa shape index (κ1) is 17.4. The molecule has 4 nitrogen and oxygen atoms in total. The lowest BCUT2D eigenvalue weighted by atomic mass is 10.2. The van der Waals surface area contributed by atoms with Crippen LogP contribution in [0.2, 0.25) is 0 Å². The van der Waals surface area contributed by atoms with Gasteiger partial charge in [0.1, 0.15) is 11.5 Å². The third kappa shape index (κ3) is 4.24. The average molecular weight is 269 g/mol. The van der Waals surface area contributed by atoms with Gasteiger partial charge in [-0.2, -0.15) is 0 Å². The van der Waals surface area contributed by atoms with Crippen LogP contribution in [0, 0.1) is 0 Å². The minimum atomic E-state index is 0. The lowest BCUT2D eigenvalue weighted by molar-refractivity contribution is 0.333. The van der Waals surface area contributed by atoms with Gasteiger partial charge < -0.3 is 20.9 Å². The third-order valence-corrected chi connectivity index (χ3v) is 1.74. The summed E-state index contributed by atoms with van der Waals surface area (Å²) in [6.45, 7) is 4.92. The van der Waals surface area contributed by atoms with Crippen LogP contribution >= 0.6 is 24.8 Å². The van der Waals surface area contributed by atoms with E-state index in [2.05, 4.69) is 0 Å². The van der Waals surface area contributed by atoms with Crippen LogP contribution in [-0.4, -0.2) is 13.2 Å². The number of nitrogens with two attached hydrogens (primary N) is 2. The van der Waals surface area contributed by atoms with Gasteiger partial charge >= 0.3 is 0 Å². The van der Waals surface area contributed by atoms with E-state index in [1.165, 1.54) is 0 Å². The number of benzene rings is 1. The van der Waals surface area contributed by atoms with E-state index < -0.39 is 0 Å². The number of hydrogen-bond donors (Lipinski definition) is 2. The number of halogens is 2. The van der Waals surface area contributed by atoms with Crippen molar-refractivity contribution in [3.8, 4) is 11.5 Å². The van der Waals surface area contributed by atoms with Gasteiger partial charge in [0.2, 0.25) is 0 Å². The molecule has 0 bridgehead atoms. The van der Waals surface area contributed by atoms with E-state index >= 15 is 0 Å². The van der Waals surface area contributed by atoms with E-state index in [4.69, 9.17) is 20.9 Å². The van der Waals surface area contributed by atoms with Crippen molar-refractivity contribution in [2.45, 2.75) is 13.8 Å². The average Bonchev–Trinajstić information content (AvgIpc) is 2.14. The molecule has 0 atom stereocenters. The summed E-state index contributed by atoms with van der Waals surface area (Å²) in [5.41, 5.74) is 12.6. The maximum absolute atomic E-state index is 5.75. The van der Waals surface area contributed by atoms with Crippen LogP contribution in [0.25, 0.3) is 0 Å².